The number of rotatable bonds is 2. The summed E-state index contributed by atoms with van der Waals surface area (Å²) in [4.78, 5) is 21.3. The SMILES string of the molecule is CC(C)(C(=O)O)c1cc(=O)[nH]o1. The summed E-state index contributed by atoms with van der Waals surface area (Å²) >= 11 is 0. The molecule has 1 heterocycles. The van der Waals surface area contributed by atoms with E-state index in [-0.39, 0.29) is 5.76 Å². The number of aliphatic carboxylic acids is 1. The summed E-state index contributed by atoms with van der Waals surface area (Å²) in [5.41, 5.74) is -1.60. The molecule has 66 valence electrons. The van der Waals surface area contributed by atoms with Crippen molar-refractivity contribution in [3.8, 4) is 0 Å². The molecule has 1 aromatic heterocycles. The Balaban J connectivity index is 3.13. The number of carbonyl (C=O) groups is 1. The molecule has 0 aliphatic rings. The summed E-state index contributed by atoms with van der Waals surface area (Å²) in [6, 6.07) is 1.13. The van der Waals surface area contributed by atoms with Crippen molar-refractivity contribution in [2.75, 3.05) is 0 Å². The van der Waals surface area contributed by atoms with Crippen molar-refractivity contribution in [1.29, 1.82) is 0 Å². The third kappa shape index (κ3) is 1.25. The van der Waals surface area contributed by atoms with Crippen molar-refractivity contribution in [3.05, 3.63) is 22.2 Å². The van der Waals surface area contributed by atoms with Gasteiger partial charge in [0.2, 0.25) is 0 Å². The van der Waals surface area contributed by atoms with Crippen LogP contribution < -0.4 is 5.56 Å². The lowest BCUT2D eigenvalue weighted by Gasteiger charge is -2.13. The predicted molar refractivity (Wildman–Crippen MR) is 40.0 cm³/mol. The third-order valence-electron chi connectivity index (χ3n) is 1.67. The van der Waals surface area contributed by atoms with Gasteiger partial charge in [-0.2, -0.15) is 5.16 Å². The molecule has 0 atom stereocenters. The standard InChI is InChI=1S/C7H9NO4/c1-7(2,6(10)11)4-3-5(9)8-12-4/h3H,1-2H3,(H,8,9)(H,10,11). The highest BCUT2D eigenvalue weighted by atomic mass is 16.5. The van der Waals surface area contributed by atoms with Crippen LogP contribution in [0.2, 0.25) is 0 Å². The van der Waals surface area contributed by atoms with E-state index >= 15 is 0 Å². The molecule has 0 amide bonds. The largest absolute Gasteiger partial charge is 0.481 e. The highest BCUT2D eigenvalue weighted by Gasteiger charge is 2.33. The van der Waals surface area contributed by atoms with Crippen LogP contribution in [0, 0.1) is 0 Å². The Kier molecular flexibility index (Phi) is 1.79. The number of aromatic nitrogens is 1. The Labute approximate surface area is 68.0 Å². The first-order chi connectivity index (χ1) is 5.44. The van der Waals surface area contributed by atoms with Gasteiger partial charge in [-0.05, 0) is 13.8 Å². The molecule has 0 fully saturated rings. The lowest BCUT2D eigenvalue weighted by atomic mass is 9.91. The molecule has 0 aromatic carbocycles. The van der Waals surface area contributed by atoms with Gasteiger partial charge in [0.1, 0.15) is 5.41 Å². The van der Waals surface area contributed by atoms with Crippen molar-refractivity contribution >= 4 is 5.97 Å². The Hall–Kier alpha value is -1.52. The number of carboxylic acids is 1. The molecular weight excluding hydrogens is 162 g/mol. The first-order valence-corrected chi connectivity index (χ1v) is 3.37. The fourth-order valence-corrected chi connectivity index (χ4v) is 0.697. The minimum absolute atomic E-state index is 0.125. The van der Waals surface area contributed by atoms with Gasteiger partial charge in [0.15, 0.2) is 5.76 Å². The molecule has 1 aromatic rings. The molecule has 12 heavy (non-hydrogen) atoms. The summed E-state index contributed by atoms with van der Waals surface area (Å²) in [5, 5.41) is 10.8. The number of H-pyrrole nitrogens is 1. The minimum atomic E-state index is -1.17. The van der Waals surface area contributed by atoms with Gasteiger partial charge in [0.25, 0.3) is 5.56 Å². The molecule has 0 saturated heterocycles. The summed E-state index contributed by atoms with van der Waals surface area (Å²) < 4.78 is 4.67. The van der Waals surface area contributed by atoms with Gasteiger partial charge < -0.3 is 9.63 Å². The first kappa shape index (κ1) is 8.58. The van der Waals surface area contributed by atoms with Crippen molar-refractivity contribution < 1.29 is 14.4 Å². The summed E-state index contributed by atoms with van der Waals surface area (Å²) in [5.74, 6) is -0.912. The van der Waals surface area contributed by atoms with Crippen molar-refractivity contribution in [2.45, 2.75) is 19.3 Å². The second kappa shape index (κ2) is 2.51. The van der Waals surface area contributed by atoms with Crippen molar-refractivity contribution in [1.82, 2.24) is 5.16 Å². The van der Waals surface area contributed by atoms with Gasteiger partial charge in [-0.25, -0.2) is 0 Å². The van der Waals surface area contributed by atoms with Crippen LogP contribution >= 0.6 is 0 Å². The molecule has 0 aliphatic carbocycles. The maximum Gasteiger partial charge on any atom is 0.316 e. The van der Waals surface area contributed by atoms with Gasteiger partial charge in [0.05, 0.1) is 0 Å². The van der Waals surface area contributed by atoms with Crippen LogP contribution in [0.1, 0.15) is 19.6 Å². The Morgan fingerprint density at radius 2 is 2.25 bits per heavy atom. The van der Waals surface area contributed by atoms with E-state index in [0.717, 1.165) is 6.07 Å². The Morgan fingerprint density at radius 3 is 2.58 bits per heavy atom. The fraction of sp³-hybridized carbons (Fsp3) is 0.429. The van der Waals surface area contributed by atoms with Crippen LogP contribution in [0.25, 0.3) is 0 Å². The molecule has 0 saturated carbocycles. The van der Waals surface area contributed by atoms with E-state index in [1.54, 1.807) is 0 Å². The molecule has 5 nitrogen and oxygen atoms in total. The summed E-state index contributed by atoms with van der Waals surface area (Å²) in [7, 11) is 0. The molecule has 0 unspecified atom stereocenters. The average Bonchev–Trinajstić information content (AvgIpc) is 2.35. The molecule has 0 radical (unpaired) electrons. The summed E-state index contributed by atoms with van der Waals surface area (Å²) in [6.07, 6.45) is 0. The van der Waals surface area contributed by atoms with E-state index < -0.39 is 16.9 Å². The van der Waals surface area contributed by atoms with Gasteiger partial charge in [-0.3, -0.25) is 9.59 Å². The van der Waals surface area contributed by atoms with Gasteiger partial charge in [-0.15, -0.1) is 0 Å². The zero-order chi connectivity index (χ0) is 9.35. The van der Waals surface area contributed by atoms with E-state index in [1.807, 2.05) is 5.16 Å². The van der Waals surface area contributed by atoms with Crippen LogP contribution in [0.3, 0.4) is 0 Å². The molecular formula is C7H9NO4. The van der Waals surface area contributed by atoms with Crippen molar-refractivity contribution in [2.24, 2.45) is 0 Å². The fourth-order valence-electron chi connectivity index (χ4n) is 0.697. The number of hydrogen-bond donors (Lipinski definition) is 2. The highest BCUT2D eigenvalue weighted by Crippen LogP contribution is 2.21. The highest BCUT2D eigenvalue weighted by molar-refractivity contribution is 5.79. The normalized spacial score (nSPS) is 11.5. The Bertz CT molecular complexity index is 346. The summed E-state index contributed by atoms with van der Waals surface area (Å²) in [6.45, 7) is 2.92. The molecule has 0 spiro atoms. The monoisotopic (exact) mass is 171 g/mol. The van der Waals surface area contributed by atoms with E-state index in [0.29, 0.717) is 0 Å². The molecule has 1 rings (SSSR count). The number of carboxylic acid groups (broad SMARTS) is 1. The van der Waals surface area contributed by atoms with Gasteiger partial charge in [0, 0.05) is 6.07 Å². The van der Waals surface area contributed by atoms with E-state index in [9.17, 15) is 9.59 Å². The van der Waals surface area contributed by atoms with Crippen LogP contribution in [-0.4, -0.2) is 16.2 Å². The smallest absolute Gasteiger partial charge is 0.316 e. The molecule has 0 bridgehead atoms. The molecule has 5 heteroatoms. The number of aromatic amines is 1. The van der Waals surface area contributed by atoms with E-state index in [1.165, 1.54) is 13.8 Å². The maximum absolute atomic E-state index is 10.7. The quantitative estimate of drug-likeness (QED) is 0.671. The first-order valence-electron chi connectivity index (χ1n) is 3.37. The lowest BCUT2D eigenvalue weighted by Crippen LogP contribution is -2.28. The van der Waals surface area contributed by atoms with Gasteiger partial charge >= 0.3 is 5.97 Å². The third-order valence-corrected chi connectivity index (χ3v) is 1.67. The lowest BCUT2D eigenvalue weighted by molar-refractivity contribution is -0.143. The topological polar surface area (TPSA) is 83.3 Å². The molecule has 2 N–H and O–H groups in total. The van der Waals surface area contributed by atoms with Crippen LogP contribution in [0.15, 0.2) is 15.4 Å². The van der Waals surface area contributed by atoms with Crippen LogP contribution in [-0.2, 0) is 10.2 Å². The van der Waals surface area contributed by atoms with E-state index in [2.05, 4.69) is 4.52 Å². The van der Waals surface area contributed by atoms with Crippen LogP contribution in [0.5, 0.6) is 0 Å². The zero-order valence-corrected chi connectivity index (χ0v) is 6.75. The minimum Gasteiger partial charge on any atom is -0.481 e. The van der Waals surface area contributed by atoms with Gasteiger partial charge in [-0.1, -0.05) is 0 Å². The van der Waals surface area contributed by atoms with Crippen LogP contribution in [0.4, 0.5) is 0 Å². The maximum atomic E-state index is 10.7. The number of nitrogens with one attached hydrogen (secondary N) is 1. The van der Waals surface area contributed by atoms with E-state index in [4.69, 9.17) is 5.11 Å². The average molecular weight is 171 g/mol. The second-order valence-electron chi connectivity index (χ2n) is 3.01. The second-order valence-corrected chi connectivity index (χ2v) is 3.01. The molecule has 0 aliphatic heterocycles. The number of hydrogen-bond acceptors (Lipinski definition) is 3. The predicted octanol–water partition coefficient (Wildman–Crippen LogP) is 0.330. The van der Waals surface area contributed by atoms with Crippen molar-refractivity contribution in [3.63, 3.8) is 0 Å². The zero-order valence-electron chi connectivity index (χ0n) is 6.75. The Morgan fingerprint density at radius 1 is 1.67 bits per heavy atom.